The zero-order chi connectivity index (χ0) is 21.8. The van der Waals surface area contributed by atoms with Gasteiger partial charge >= 0.3 is 0 Å². The minimum atomic E-state index is -0.467. The predicted octanol–water partition coefficient (Wildman–Crippen LogP) is 5.04. The number of aromatic nitrogens is 5. The summed E-state index contributed by atoms with van der Waals surface area (Å²) >= 11 is 7.36. The Labute approximate surface area is 185 Å². The number of hydrogen-bond acceptors (Lipinski definition) is 8. The number of non-ortho nitro benzene ring substituents is 1. The second-order valence-electron chi connectivity index (χ2n) is 6.32. The third-order valence-electron chi connectivity index (χ3n) is 4.24. The van der Waals surface area contributed by atoms with Crippen molar-refractivity contribution in [2.45, 2.75) is 17.5 Å². The van der Waals surface area contributed by atoms with E-state index >= 15 is 0 Å². The molecule has 2 aromatic carbocycles. The van der Waals surface area contributed by atoms with Gasteiger partial charge in [-0.05, 0) is 24.3 Å². The first kappa shape index (κ1) is 20.8. The van der Waals surface area contributed by atoms with Crippen LogP contribution in [0.15, 0.2) is 70.9 Å². The number of thioether (sulfide) groups is 1. The van der Waals surface area contributed by atoms with E-state index in [1.807, 2.05) is 16.7 Å². The summed E-state index contributed by atoms with van der Waals surface area (Å²) in [6.45, 7) is 4.33. The highest BCUT2D eigenvalue weighted by Gasteiger charge is 2.17. The van der Waals surface area contributed by atoms with E-state index in [2.05, 4.69) is 26.9 Å². The van der Waals surface area contributed by atoms with Crippen LogP contribution in [0.2, 0.25) is 5.02 Å². The summed E-state index contributed by atoms with van der Waals surface area (Å²) in [6.07, 6.45) is 1.76. The zero-order valence-corrected chi connectivity index (χ0v) is 17.6. The molecule has 0 aliphatic rings. The van der Waals surface area contributed by atoms with Crippen LogP contribution in [0, 0.1) is 10.1 Å². The summed E-state index contributed by atoms with van der Waals surface area (Å²) < 4.78 is 7.23. The van der Waals surface area contributed by atoms with Crippen molar-refractivity contribution in [2.75, 3.05) is 0 Å². The highest BCUT2D eigenvalue weighted by molar-refractivity contribution is 7.98. The standard InChI is InChI=1S/C20H15ClN6O3S/c1-2-10-26-19(13-6-8-15(21)9-7-13)23-24-20(26)31-12-17-22-18(25-30-17)14-4-3-5-16(11-14)27(28)29/h2-9,11H,1,10,12H2. The molecule has 0 spiro atoms. The summed E-state index contributed by atoms with van der Waals surface area (Å²) in [5.74, 6) is 1.71. The fourth-order valence-electron chi connectivity index (χ4n) is 2.82. The molecule has 0 atom stereocenters. The number of benzene rings is 2. The fourth-order valence-corrected chi connectivity index (χ4v) is 3.73. The van der Waals surface area contributed by atoms with Crippen LogP contribution in [-0.4, -0.2) is 29.8 Å². The highest BCUT2D eigenvalue weighted by Crippen LogP contribution is 2.28. The zero-order valence-electron chi connectivity index (χ0n) is 16.0. The average Bonchev–Trinajstić information content (AvgIpc) is 3.41. The van der Waals surface area contributed by atoms with Gasteiger partial charge in [0.1, 0.15) is 0 Å². The second kappa shape index (κ2) is 9.11. The molecule has 0 saturated carbocycles. The van der Waals surface area contributed by atoms with Crippen molar-refractivity contribution in [3.8, 4) is 22.8 Å². The number of nitro groups is 1. The van der Waals surface area contributed by atoms with Gasteiger partial charge in [-0.25, -0.2) is 0 Å². The van der Waals surface area contributed by atoms with Crippen LogP contribution >= 0.6 is 23.4 Å². The van der Waals surface area contributed by atoms with Crippen LogP contribution in [0.25, 0.3) is 22.8 Å². The van der Waals surface area contributed by atoms with Crippen molar-refractivity contribution in [1.29, 1.82) is 0 Å². The lowest BCUT2D eigenvalue weighted by Gasteiger charge is -2.07. The van der Waals surface area contributed by atoms with Crippen molar-refractivity contribution in [3.05, 3.63) is 82.2 Å². The fraction of sp³-hybridized carbons (Fsp3) is 0.100. The lowest BCUT2D eigenvalue weighted by atomic mass is 10.2. The molecule has 11 heteroatoms. The maximum absolute atomic E-state index is 11.0. The average molecular weight is 455 g/mol. The van der Waals surface area contributed by atoms with E-state index in [1.165, 1.54) is 23.9 Å². The molecule has 0 fully saturated rings. The van der Waals surface area contributed by atoms with E-state index in [0.29, 0.717) is 39.8 Å². The highest BCUT2D eigenvalue weighted by atomic mass is 35.5. The Kier molecular flexibility index (Phi) is 6.10. The van der Waals surface area contributed by atoms with Gasteiger partial charge < -0.3 is 4.52 Å². The van der Waals surface area contributed by atoms with Gasteiger partial charge in [0.25, 0.3) is 5.69 Å². The lowest BCUT2D eigenvalue weighted by Crippen LogP contribution is -2.00. The molecule has 31 heavy (non-hydrogen) atoms. The smallest absolute Gasteiger partial charge is 0.270 e. The van der Waals surface area contributed by atoms with Gasteiger partial charge in [-0.1, -0.05) is 46.7 Å². The van der Waals surface area contributed by atoms with Gasteiger partial charge in [-0.15, -0.1) is 16.8 Å². The van der Waals surface area contributed by atoms with Gasteiger partial charge in [-0.2, -0.15) is 4.98 Å². The number of halogens is 1. The molecule has 156 valence electrons. The molecule has 9 nitrogen and oxygen atoms in total. The normalized spacial score (nSPS) is 10.9. The molecule has 0 saturated heterocycles. The molecule has 0 amide bonds. The molecular formula is C20H15ClN6O3S. The summed E-state index contributed by atoms with van der Waals surface area (Å²) in [5.41, 5.74) is 1.36. The minimum Gasteiger partial charge on any atom is -0.338 e. The van der Waals surface area contributed by atoms with Crippen LogP contribution in [0.3, 0.4) is 0 Å². The number of rotatable bonds is 8. The molecule has 0 bridgehead atoms. The Morgan fingerprint density at radius 2 is 2.00 bits per heavy atom. The summed E-state index contributed by atoms with van der Waals surface area (Å²) in [4.78, 5) is 14.8. The van der Waals surface area contributed by atoms with Crippen LogP contribution in [0.1, 0.15) is 5.89 Å². The Hall–Kier alpha value is -3.50. The van der Waals surface area contributed by atoms with Crippen LogP contribution in [-0.2, 0) is 12.3 Å². The first-order valence-corrected chi connectivity index (χ1v) is 10.4. The maximum Gasteiger partial charge on any atom is 0.270 e. The Balaban J connectivity index is 1.52. The quantitative estimate of drug-likeness (QED) is 0.157. The van der Waals surface area contributed by atoms with Crippen molar-refractivity contribution < 1.29 is 9.45 Å². The summed E-state index contributed by atoms with van der Waals surface area (Å²) in [6, 6.07) is 13.4. The van der Waals surface area contributed by atoms with Crippen molar-refractivity contribution in [1.82, 2.24) is 24.9 Å². The minimum absolute atomic E-state index is 0.0366. The molecule has 0 N–H and O–H groups in total. The summed E-state index contributed by atoms with van der Waals surface area (Å²) in [7, 11) is 0. The Morgan fingerprint density at radius 1 is 1.19 bits per heavy atom. The van der Waals surface area contributed by atoms with E-state index < -0.39 is 4.92 Å². The van der Waals surface area contributed by atoms with Crippen molar-refractivity contribution >= 4 is 29.1 Å². The third-order valence-corrected chi connectivity index (χ3v) is 5.44. The molecule has 0 aliphatic heterocycles. The number of nitro benzene ring substituents is 1. The Bertz CT molecular complexity index is 1240. The molecule has 0 aliphatic carbocycles. The van der Waals surface area contributed by atoms with Gasteiger partial charge in [0.2, 0.25) is 11.7 Å². The second-order valence-corrected chi connectivity index (χ2v) is 7.70. The van der Waals surface area contributed by atoms with Gasteiger partial charge in [-0.3, -0.25) is 14.7 Å². The molecule has 0 radical (unpaired) electrons. The monoisotopic (exact) mass is 454 g/mol. The van der Waals surface area contributed by atoms with Gasteiger partial charge in [0.15, 0.2) is 11.0 Å². The van der Waals surface area contributed by atoms with E-state index in [9.17, 15) is 10.1 Å². The SMILES string of the molecule is C=CCn1c(SCc2nc(-c3cccc([N+](=O)[O-])c3)no2)nnc1-c1ccc(Cl)cc1. The van der Waals surface area contributed by atoms with E-state index in [-0.39, 0.29) is 11.5 Å². The number of allylic oxidation sites excluding steroid dienone is 1. The lowest BCUT2D eigenvalue weighted by molar-refractivity contribution is -0.384. The number of hydrogen-bond donors (Lipinski definition) is 0. The van der Waals surface area contributed by atoms with Gasteiger partial charge in [0.05, 0.1) is 10.7 Å². The van der Waals surface area contributed by atoms with E-state index in [0.717, 1.165) is 5.56 Å². The molecule has 4 aromatic rings. The van der Waals surface area contributed by atoms with Gasteiger partial charge in [0, 0.05) is 34.8 Å². The molecule has 4 rings (SSSR count). The maximum atomic E-state index is 11.0. The topological polar surface area (TPSA) is 113 Å². The molecule has 0 unspecified atom stereocenters. The number of nitrogens with zero attached hydrogens (tertiary/aromatic N) is 6. The van der Waals surface area contributed by atoms with E-state index in [1.54, 1.807) is 30.3 Å². The van der Waals surface area contributed by atoms with Crippen molar-refractivity contribution in [3.63, 3.8) is 0 Å². The van der Waals surface area contributed by atoms with Crippen LogP contribution in [0.5, 0.6) is 0 Å². The van der Waals surface area contributed by atoms with E-state index in [4.69, 9.17) is 16.1 Å². The first-order chi connectivity index (χ1) is 15.0. The third kappa shape index (κ3) is 4.65. The van der Waals surface area contributed by atoms with Crippen LogP contribution in [0.4, 0.5) is 5.69 Å². The Morgan fingerprint density at radius 3 is 2.74 bits per heavy atom. The molecular weight excluding hydrogens is 440 g/mol. The molecule has 2 aromatic heterocycles. The summed E-state index contributed by atoms with van der Waals surface area (Å²) in [5, 5.41) is 24.8. The first-order valence-electron chi connectivity index (χ1n) is 9.05. The molecule has 2 heterocycles. The van der Waals surface area contributed by atoms with Crippen molar-refractivity contribution in [2.24, 2.45) is 0 Å². The van der Waals surface area contributed by atoms with Crippen LogP contribution < -0.4 is 0 Å². The largest absolute Gasteiger partial charge is 0.338 e. The predicted molar refractivity (Wildman–Crippen MR) is 117 cm³/mol.